The quantitative estimate of drug-likeness (QED) is 0.416. The van der Waals surface area contributed by atoms with Crippen LogP contribution >= 0.6 is 27.5 Å². The van der Waals surface area contributed by atoms with E-state index in [1.165, 1.54) is 6.07 Å². The first kappa shape index (κ1) is 18.7. The highest BCUT2D eigenvalue weighted by molar-refractivity contribution is 9.10. The van der Waals surface area contributed by atoms with Crippen LogP contribution in [-0.2, 0) is 4.79 Å². The van der Waals surface area contributed by atoms with Gasteiger partial charge in [-0.05, 0) is 46.3 Å². The second-order valence-electron chi connectivity index (χ2n) is 4.66. The van der Waals surface area contributed by atoms with Gasteiger partial charge in [-0.15, -0.1) is 0 Å². The Labute approximate surface area is 155 Å². The zero-order valence-electron chi connectivity index (χ0n) is 12.5. The van der Waals surface area contributed by atoms with Gasteiger partial charge in [-0.3, -0.25) is 14.9 Å². The number of amides is 1. The molecule has 1 amide bonds. The molecule has 0 saturated carbocycles. The predicted octanol–water partition coefficient (Wildman–Crippen LogP) is 3.25. The van der Waals surface area contributed by atoms with Crippen molar-refractivity contribution in [1.82, 2.24) is 5.43 Å². The molecule has 0 radical (unpaired) electrons. The fourth-order valence-electron chi connectivity index (χ4n) is 1.75. The van der Waals surface area contributed by atoms with Crippen LogP contribution in [0.15, 0.2) is 46.0 Å². The van der Waals surface area contributed by atoms with Crippen LogP contribution in [0, 0.1) is 10.1 Å². The van der Waals surface area contributed by atoms with Crippen LogP contribution in [0.1, 0.15) is 5.56 Å². The molecule has 0 fully saturated rings. The molecule has 0 aromatic heterocycles. The lowest BCUT2D eigenvalue weighted by atomic mass is 10.2. The number of aromatic hydroxyl groups is 1. The number of benzene rings is 2. The van der Waals surface area contributed by atoms with E-state index < -0.39 is 10.8 Å². The molecule has 8 nitrogen and oxygen atoms in total. The number of nitro benzene ring substituents is 1. The summed E-state index contributed by atoms with van der Waals surface area (Å²) in [5.74, 6) is -0.303. The first-order chi connectivity index (χ1) is 11.9. The van der Waals surface area contributed by atoms with Crippen LogP contribution in [0.5, 0.6) is 11.5 Å². The molecule has 0 saturated heterocycles. The Morgan fingerprint density at radius 2 is 2.16 bits per heavy atom. The fraction of sp³-hybridized carbons (Fsp3) is 0.0667. The Morgan fingerprint density at radius 1 is 1.40 bits per heavy atom. The Balaban J connectivity index is 1.95. The number of phenols is 1. The van der Waals surface area contributed by atoms with Gasteiger partial charge in [0.2, 0.25) is 0 Å². The fourth-order valence-corrected chi connectivity index (χ4v) is 2.55. The Bertz CT molecular complexity index is 844. The number of phenolic OH excluding ortho intramolecular Hbond substituents is 1. The summed E-state index contributed by atoms with van der Waals surface area (Å²) in [4.78, 5) is 22.0. The average molecular weight is 429 g/mol. The van der Waals surface area contributed by atoms with Crippen molar-refractivity contribution in [2.75, 3.05) is 6.61 Å². The molecule has 0 atom stereocenters. The van der Waals surface area contributed by atoms with Crippen molar-refractivity contribution in [1.29, 1.82) is 0 Å². The molecule has 2 rings (SSSR count). The third-order valence-corrected chi connectivity index (χ3v) is 3.71. The summed E-state index contributed by atoms with van der Waals surface area (Å²) >= 11 is 9.05. The summed E-state index contributed by atoms with van der Waals surface area (Å²) in [6.45, 7) is -0.320. The normalized spacial score (nSPS) is 10.6. The standard InChI is InChI=1S/C15H11BrClN3O5/c16-12-6-10(17)1-4-14(12)25-8-15(22)19-18-7-9-5-11(21)2-3-13(9)20(23)24/h1-7,21H,8H2,(H,19,22)/b18-7+. The van der Waals surface area contributed by atoms with Crippen molar-refractivity contribution in [3.8, 4) is 11.5 Å². The highest BCUT2D eigenvalue weighted by Crippen LogP contribution is 2.27. The van der Waals surface area contributed by atoms with Crippen molar-refractivity contribution in [3.63, 3.8) is 0 Å². The van der Waals surface area contributed by atoms with E-state index in [0.717, 1.165) is 18.3 Å². The minimum atomic E-state index is -0.621. The molecule has 10 heteroatoms. The molecule has 130 valence electrons. The summed E-state index contributed by atoms with van der Waals surface area (Å²) in [5.41, 5.74) is 1.97. The second kappa shape index (κ2) is 8.45. The average Bonchev–Trinajstić information content (AvgIpc) is 2.54. The summed E-state index contributed by atoms with van der Waals surface area (Å²) in [6.07, 6.45) is 1.06. The molecule has 2 N–H and O–H groups in total. The zero-order chi connectivity index (χ0) is 18.4. The van der Waals surface area contributed by atoms with Crippen molar-refractivity contribution in [2.24, 2.45) is 5.10 Å². The lowest BCUT2D eigenvalue weighted by Gasteiger charge is -2.07. The van der Waals surface area contributed by atoms with E-state index >= 15 is 0 Å². The number of rotatable bonds is 6. The molecule has 2 aromatic carbocycles. The van der Waals surface area contributed by atoms with Gasteiger partial charge in [0.15, 0.2) is 6.61 Å². The van der Waals surface area contributed by atoms with Crippen LogP contribution in [0.25, 0.3) is 0 Å². The Kier molecular flexibility index (Phi) is 6.31. The third-order valence-electron chi connectivity index (χ3n) is 2.85. The molecular weight excluding hydrogens is 418 g/mol. The largest absolute Gasteiger partial charge is 0.508 e. The zero-order valence-corrected chi connectivity index (χ0v) is 14.8. The van der Waals surface area contributed by atoms with Crippen molar-refractivity contribution in [3.05, 3.63) is 61.6 Å². The van der Waals surface area contributed by atoms with E-state index in [1.54, 1.807) is 18.2 Å². The number of hydrogen-bond acceptors (Lipinski definition) is 6. The number of ether oxygens (including phenoxy) is 1. The molecule has 25 heavy (non-hydrogen) atoms. The van der Waals surface area contributed by atoms with E-state index in [1.807, 2.05) is 0 Å². The summed E-state index contributed by atoms with van der Waals surface area (Å²) in [5, 5.41) is 24.4. The molecule has 0 aliphatic rings. The van der Waals surface area contributed by atoms with Crippen molar-refractivity contribution >= 4 is 45.3 Å². The maximum Gasteiger partial charge on any atom is 0.278 e. The van der Waals surface area contributed by atoms with Gasteiger partial charge in [0.05, 0.1) is 21.2 Å². The number of halogens is 2. The third kappa shape index (κ3) is 5.44. The molecule has 0 aliphatic carbocycles. The van der Waals surface area contributed by atoms with Crippen LogP contribution in [0.4, 0.5) is 5.69 Å². The molecule has 0 aliphatic heterocycles. The maximum atomic E-state index is 11.7. The first-order valence-corrected chi connectivity index (χ1v) is 7.91. The van der Waals surface area contributed by atoms with Gasteiger partial charge in [-0.1, -0.05) is 11.6 Å². The molecule has 2 aromatic rings. The molecule has 0 spiro atoms. The van der Waals surface area contributed by atoms with Gasteiger partial charge in [-0.25, -0.2) is 5.43 Å². The SMILES string of the molecule is O=C(COc1ccc(Cl)cc1Br)N/N=C/c1cc(O)ccc1[N+](=O)[O-]. The monoisotopic (exact) mass is 427 g/mol. The van der Waals surface area contributed by atoms with Gasteiger partial charge in [0.1, 0.15) is 11.5 Å². The Morgan fingerprint density at radius 3 is 2.84 bits per heavy atom. The van der Waals surface area contributed by atoms with E-state index in [2.05, 4.69) is 26.5 Å². The molecule has 0 heterocycles. The smallest absolute Gasteiger partial charge is 0.278 e. The summed E-state index contributed by atoms with van der Waals surface area (Å²) in [7, 11) is 0. The summed E-state index contributed by atoms with van der Waals surface area (Å²) in [6, 6.07) is 8.31. The number of nitrogens with one attached hydrogen (secondary N) is 1. The van der Waals surface area contributed by atoms with Gasteiger partial charge < -0.3 is 9.84 Å². The van der Waals surface area contributed by atoms with E-state index in [9.17, 15) is 20.0 Å². The number of hydrazone groups is 1. The topological polar surface area (TPSA) is 114 Å². The summed E-state index contributed by atoms with van der Waals surface area (Å²) < 4.78 is 5.89. The lowest BCUT2D eigenvalue weighted by Crippen LogP contribution is -2.24. The number of hydrogen-bond donors (Lipinski definition) is 2. The van der Waals surface area contributed by atoms with Gasteiger partial charge in [0.25, 0.3) is 11.6 Å². The van der Waals surface area contributed by atoms with Crippen molar-refractivity contribution < 1.29 is 19.6 Å². The second-order valence-corrected chi connectivity index (χ2v) is 5.95. The highest BCUT2D eigenvalue weighted by Gasteiger charge is 2.12. The van der Waals surface area contributed by atoms with Crippen LogP contribution < -0.4 is 10.2 Å². The number of nitrogens with zero attached hydrogens (tertiary/aromatic N) is 2. The number of nitro groups is 1. The molecular formula is C15H11BrClN3O5. The lowest BCUT2D eigenvalue weighted by molar-refractivity contribution is -0.385. The highest BCUT2D eigenvalue weighted by atomic mass is 79.9. The van der Waals surface area contributed by atoms with Gasteiger partial charge >= 0.3 is 0 Å². The first-order valence-electron chi connectivity index (χ1n) is 6.74. The van der Waals surface area contributed by atoms with Crippen LogP contribution in [0.3, 0.4) is 0 Å². The van der Waals surface area contributed by atoms with Crippen LogP contribution in [0.2, 0.25) is 5.02 Å². The minimum absolute atomic E-state index is 0.0478. The van der Waals surface area contributed by atoms with E-state index in [4.69, 9.17) is 16.3 Å². The molecule has 0 bridgehead atoms. The molecule has 0 unspecified atom stereocenters. The van der Waals surface area contributed by atoms with Crippen LogP contribution in [-0.4, -0.2) is 28.8 Å². The number of carbonyl (C=O) groups excluding carboxylic acids is 1. The maximum absolute atomic E-state index is 11.7. The van der Waals surface area contributed by atoms with Crippen molar-refractivity contribution in [2.45, 2.75) is 0 Å². The van der Waals surface area contributed by atoms with E-state index in [0.29, 0.717) is 15.2 Å². The van der Waals surface area contributed by atoms with Gasteiger partial charge in [0, 0.05) is 11.1 Å². The van der Waals surface area contributed by atoms with E-state index in [-0.39, 0.29) is 23.6 Å². The predicted molar refractivity (Wildman–Crippen MR) is 95.1 cm³/mol. The number of carbonyl (C=O) groups is 1. The Hall–Kier alpha value is -2.65. The minimum Gasteiger partial charge on any atom is -0.508 e. The van der Waals surface area contributed by atoms with Gasteiger partial charge in [-0.2, -0.15) is 5.10 Å².